The van der Waals surface area contributed by atoms with Crippen molar-refractivity contribution in [2.45, 2.75) is 19.4 Å². The number of fused-ring (bicyclic) bond motifs is 1. The van der Waals surface area contributed by atoms with Gasteiger partial charge < -0.3 is 9.84 Å². The van der Waals surface area contributed by atoms with Crippen molar-refractivity contribution < 1.29 is 14.5 Å². The zero-order chi connectivity index (χ0) is 11.8. The van der Waals surface area contributed by atoms with Gasteiger partial charge in [-0.2, -0.15) is 0 Å². The Morgan fingerprint density at radius 1 is 1.47 bits per heavy atom. The Morgan fingerprint density at radius 2 is 2.35 bits per heavy atom. The van der Waals surface area contributed by atoms with Gasteiger partial charge in [0.2, 0.25) is 0 Å². The molecule has 1 aliphatic rings. The van der Waals surface area contributed by atoms with Crippen molar-refractivity contribution in [3.63, 3.8) is 0 Å². The van der Waals surface area contributed by atoms with Gasteiger partial charge in [-0.05, 0) is 18.6 Å². The third-order valence-corrected chi connectivity index (χ3v) is 3.03. The summed E-state index contributed by atoms with van der Waals surface area (Å²) >= 11 is 0. The quantitative estimate of drug-likeness (QED) is 0.693. The molecule has 0 saturated heterocycles. The molecule has 3 rings (SSSR count). The Morgan fingerprint density at radius 3 is 3.12 bits per heavy atom. The summed E-state index contributed by atoms with van der Waals surface area (Å²) in [7, 11) is 1.61. The molecule has 0 bridgehead atoms. The smallest absolute Gasteiger partial charge is 0.161 e. The van der Waals surface area contributed by atoms with Gasteiger partial charge in [0.1, 0.15) is 18.2 Å². The first kappa shape index (κ1) is 10.1. The highest BCUT2D eigenvalue weighted by molar-refractivity contribution is 5.40. The minimum absolute atomic E-state index is 0.0178. The van der Waals surface area contributed by atoms with Crippen LogP contribution in [0.2, 0.25) is 0 Å². The monoisotopic (exact) mass is 231 g/mol. The fourth-order valence-corrected chi connectivity index (χ4v) is 2.16. The maximum atomic E-state index is 12.1. The first-order chi connectivity index (χ1) is 8.29. The Bertz CT molecular complexity index is 563. The molecular formula is C12H13N3O2. The van der Waals surface area contributed by atoms with E-state index >= 15 is 0 Å². The molecular weight excluding hydrogens is 218 g/mol. The second-order valence-electron chi connectivity index (χ2n) is 4.08. The van der Waals surface area contributed by atoms with Crippen molar-refractivity contribution in [1.82, 2.24) is 9.90 Å². The summed E-state index contributed by atoms with van der Waals surface area (Å²) in [6, 6.07) is 7.36. The molecule has 0 unspecified atom stereocenters. The van der Waals surface area contributed by atoms with E-state index in [1.54, 1.807) is 11.8 Å². The van der Waals surface area contributed by atoms with Crippen LogP contribution < -0.4 is 14.5 Å². The topological polar surface area (TPSA) is 54.0 Å². The van der Waals surface area contributed by atoms with Crippen LogP contribution in [0.1, 0.15) is 12.1 Å². The van der Waals surface area contributed by atoms with E-state index in [0.29, 0.717) is 0 Å². The van der Waals surface area contributed by atoms with E-state index in [0.717, 1.165) is 36.5 Å². The lowest BCUT2D eigenvalue weighted by Crippen LogP contribution is -2.35. The van der Waals surface area contributed by atoms with Gasteiger partial charge in [-0.3, -0.25) is 0 Å². The van der Waals surface area contributed by atoms with Gasteiger partial charge in [0.15, 0.2) is 11.4 Å². The summed E-state index contributed by atoms with van der Waals surface area (Å²) in [5.41, 5.74) is 1.55. The second kappa shape index (κ2) is 3.76. The minimum Gasteiger partial charge on any atom is -0.838 e. The Labute approximate surface area is 98.9 Å². The number of aryl methyl sites for hydroxylation is 1. The highest BCUT2D eigenvalue weighted by atomic mass is 16.5. The van der Waals surface area contributed by atoms with E-state index in [9.17, 15) is 5.11 Å². The molecule has 0 N–H and O–H groups in total. The van der Waals surface area contributed by atoms with Gasteiger partial charge in [0.05, 0.1) is 12.3 Å². The Kier molecular flexibility index (Phi) is 2.24. The van der Waals surface area contributed by atoms with E-state index in [4.69, 9.17) is 4.74 Å². The fourth-order valence-electron chi connectivity index (χ4n) is 2.16. The van der Waals surface area contributed by atoms with Crippen molar-refractivity contribution >= 4 is 0 Å². The van der Waals surface area contributed by atoms with Crippen LogP contribution >= 0.6 is 0 Å². The van der Waals surface area contributed by atoms with Crippen LogP contribution in [0.4, 0.5) is 0 Å². The van der Waals surface area contributed by atoms with Crippen LogP contribution in [0.5, 0.6) is 11.6 Å². The van der Waals surface area contributed by atoms with Crippen molar-refractivity contribution in [3.8, 4) is 17.3 Å². The molecule has 1 aromatic carbocycles. The number of hydrogen-bond donors (Lipinski definition) is 0. The van der Waals surface area contributed by atoms with E-state index in [2.05, 4.69) is 5.21 Å². The zero-order valence-corrected chi connectivity index (χ0v) is 9.59. The Balaban J connectivity index is 2.09. The molecule has 0 aliphatic carbocycles. The van der Waals surface area contributed by atoms with Crippen molar-refractivity contribution in [1.29, 1.82) is 0 Å². The number of hydrogen-bond acceptors (Lipinski definition) is 3. The summed E-state index contributed by atoms with van der Waals surface area (Å²) in [5.74, 6) is 0.707. The zero-order valence-electron chi connectivity index (χ0n) is 9.59. The summed E-state index contributed by atoms with van der Waals surface area (Å²) < 4.78 is 8.38. The number of benzene rings is 1. The van der Waals surface area contributed by atoms with E-state index in [-0.39, 0.29) is 5.88 Å². The molecule has 0 fully saturated rings. The number of ether oxygens (including phenoxy) is 1. The lowest BCUT2D eigenvalue weighted by atomic mass is 10.3. The second-order valence-corrected chi connectivity index (χ2v) is 4.08. The van der Waals surface area contributed by atoms with E-state index in [1.165, 1.54) is 4.68 Å². The average Bonchev–Trinajstić information content (AvgIpc) is 2.93. The number of rotatable bonds is 2. The summed E-state index contributed by atoms with van der Waals surface area (Å²) in [4.78, 5) is 0. The van der Waals surface area contributed by atoms with Gasteiger partial charge in [-0.1, -0.05) is 6.07 Å². The summed E-state index contributed by atoms with van der Waals surface area (Å²) in [6.07, 6.45) is 1.83. The predicted octanol–water partition coefficient (Wildman–Crippen LogP) is 0.188. The molecule has 1 aromatic heterocycles. The predicted molar refractivity (Wildman–Crippen MR) is 58.1 cm³/mol. The van der Waals surface area contributed by atoms with Gasteiger partial charge in [-0.15, -0.1) is 9.36 Å². The molecule has 5 heteroatoms. The molecule has 88 valence electrons. The highest BCUT2D eigenvalue weighted by Crippen LogP contribution is 2.22. The maximum Gasteiger partial charge on any atom is 0.161 e. The van der Waals surface area contributed by atoms with Crippen LogP contribution in [0.3, 0.4) is 0 Å². The van der Waals surface area contributed by atoms with Crippen molar-refractivity contribution in [2.75, 3.05) is 7.11 Å². The third kappa shape index (κ3) is 1.54. The molecule has 1 aliphatic heterocycles. The van der Waals surface area contributed by atoms with Crippen LogP contribution in [0, 0.1) is 0 Å². The Hall–Kier alpha value is -2.04. The number of methoxy groups -OCH3 is 1. The summed E-state index contributed by atoms with van der Waals surface area (Å²) in [6.45, 7) is 0.835. The van der Waals surface area contributed by atoms with Crippen molar-refractivity contribution in [3.05, 3.63) is 30.0 Å². The first-order valence-corrected chi connectivity index (χ1v) is 5.63. The molecule has 0 saturated carbocycles. The van der Waals surface area contributed by atoms with Crippen LogP contribution in [0.15, 0.2) is 24.3 Å². The molecule has 0 radical (unpaired) electrons. The van der Waals surface area contributed by atoms with Crippen LogP contribution in [-0.4, -0.2) is 17.0 Å². The van der Waals surface area contributed by atoms with E-state index < -0.39 is 0 Å². The first-order valence-electron chi connectivity index (χ1n) is 5.63. The number of nitrogens with zero attached hydrogens (tertiary/aromatic N) is 3. The van der Waals surface area contributed by atoms with Gasteiger partial charge in [-0.25, -0.2) is 0 Å². The van der Waals surface area contributed by atoms with Crippen LogP contribution in [-0.2, 0) is 13.0 Å². The number of aromatic nitrogens is 3. The molecule has 2 aromatic rings. The minimum atomic E-state index is -0.0178. The normalized spacial score (nSPS) is 13.7. The molecule has 2 heterocycles. The molecule has 0 spiro atoms. The average molecular weight is 231 g/mol. The van der Waals surface area contributed by atoms with Gasteiger partial charge >= 0.3 is 0 Å². The highest BCUT2D eigenvalue weighted by Gasteiger charge is 2.24. The lowest BCUT2D eigenvalue weighted by molar-refractivity contribution is -0.749. The van der Waals surface area contributed by atoms with E-state index in [1.807, 2.05) is 24.3 Å². The maximum absolute atomic E-state index is 12.1. The van der Waals surface area contributed by atoms with Crippen LogP contribution in [0.25, 0.3) is 5.69 Å². The van der Waals surface area contributed by atoms with Gasteiger partial charge in [0.25, 0.3) is 0 Å². The largest absolute Gasteiger partial charge is 0.838 e. The standard InChI is InChI=1S/C12H13N3O2/c1-17-10-5-2-4-9(8-10)15-12(16)11-6-3-7-14(11)13-15/h2,4-5,8H,3,6-7H2,1H3. The fraction of sp³-hybridized carbons (Fsp3) is 0.333. The molecule has 17 heavy (non-hydrogen) atoms. The van der Waals surface area contributed by atoms with Gasteiger partial charge in [0, 0.05) is 12.5 Å². The molecule has 0 atom stereocenters. The molecule has 0 amide bonds. The molecule has 5 nitrogen and oxygen atoms in total. The third-order valence-electron chi connectivity index (χ3n) is 3.03. The lowest BCUT2D eigenvalue weighted by Gasteiger charge is -2.04. The van der Waals surface area contributed by atoms with Crippen molar-refractivity contribution in [2.24, 2.45) is 0 Å². The SMILES string of the molecule is COc1cccc(-n2n[n+]3c(c2[O-])CCC3)c1. The summed E-state index contributed by atoms with van der Waals surface area (Å²) in [5, 5.41) is 16.4.